The van der Waals surface area contributed by atoms with E-state index in [9.17, 15) is 4.79 Å². The number of methoxy groups -OCH3 is 1. The number of H-pyrrole nitrogens is 1. The number of carbonyl (C=O) groups excluding carboxylic acids is 1. The molecule has 3 N–H and O–H groups in total. The number of para-hydroxylation sites is 1. The standard InChI is InChI=1S/C20H21ClN4O2/c1-20(2,25-17-7-5-4-6-16(17)21)19(26)24-14-8-9-15(18(10-14)27-3)13-11-22-23-12-13/h4-12,25H,1-3H3,(H,22,23)(H,24,26). The average Bonchev–Trinajstić information content (AvgIpc) is 3.18. The quantitative estimate of drug-likeness (QED) is 0.581. The topological polar surface area (TPSA) is 79.0 Å². The van der Waals surface area contributed by atoms with Gasteiger partial charge < -0.3 is 15.4 Å². The van der Waals surface area contributed by atoms with Crippen molar-refractivity contribution in [3.63, 3.8) is 0 Å². The SMILES string of the molecule is COc1cc(NC(=O)C(C)(C)Nc2ccccc2Cl)ccc1-c1cn[nH]c1. The van der Waals surface area contributed by atoms with Gasteiger partial charge in [0.15, 0.2) is 0 Å². The zero-order valence-electron chi connectivity index (χ0n) is 15.3. The summed E-state index contributed by atoms with van der Waals surface area (Å²) in [5.41, 5.74) is 2.26. The van der Waals surface area contributed by atoms with E-state index in [1.165, 1.54) is 0 Å². The van der Waals surface area contributed by atoms with Crippen molar-refractivity contribution < 1.29 is 9.53 Å². The molecule has 3 rings (SSSR count). The summed E-state index contributed by atoms with van der Waals surface area (Å²) in [7, 11) is 1.59. The van der Waals surface area contributed by atoms with Crippen LogP contribution in [0.15, 0.2) is 54.9 Å². The van der Waals surface area contributed by atoms with Crippen molar-refractivity contribution in [1.29, 1.82) is 0 Å². The number of hydrogen-bond acceptors (Lipinski definition) is 4. The number of ether oxygens (including phenoxy) is 1. The van der Waals surface area contributed by atoms with Gasteiger partial charge in [0.25, 0.3) is 0 Å². The van der Waals surface area contributed by atoms with Crippen LogP contribution >= 0.6 is 11.6 Å². The predicted molar refractivity (Wildman–Crippen MR) is 108 cm³/mol. The molecule has 27 heavy (non-hydrogen) atoms. The van der Waals surface area contributed by atoms with E-state index in [4.69, 9.17) is 16.3 Å². The normalized spacial score (nSPS) is 11.1. The van der Waals surface area contributed by atoms with Crippen LogP contribution < -0.4 is 15.4 Å². The Morgan fingerprint density at radius 1 is 1.22 bits per heavy atom. The molecule has 7 heteroatoms. The van der Waals surface area contributed by atoms with Gasteiger partial charge in [-0.05, 0) is 38.1 Å². The zero-order valence-corrected chi connectivity index (χ0v) is 16.1. The molecule has 3 aromatic rings. The van der Waals surface area contributed by atoms with Gasteiger partial charge in [-0.15, -0.1) is 0 Å². The van der Waals surface area contributed by atoms with Gasteiger partial charge in [-0.25, -0.2) is 0 Å². The number of halogens is 1. The molecule has 0 aliphatic rings. The van der Waals surface area contributed by atoms with Gasteiger partial charge in [-0.3, -0.25) is 9.89 Å². The summed E-state index contributed by atoms with van der Waals surface area (Å²) < 4.78 is 5.46. The molecular weight excluding hydrogens is 364 g/mol. The molecular formula is C20H21ClN4O2. The van der Waals surface area contributed by atoms with Crippen LogP contribution in [0.25, 0.3) is 11.1 Å². The molecule has 0 bridgehead atoms. The van der Waals surface area contributed by atoms with Gasteiger partial charge in [0.1, 0.15) is 11.3 Å². The minimum atomic E-state index is -0.874. The fourth-order valence-corrected chi connectivity index (χ4v) is 2.83. The summed E-state index contributed by atoms with van der Waals surface area (Å²) in [5.74, 6) is 0.451. The van der Waals surface area contributed by atoms with Crippen molar-refractivity contribution in [1.82, 2.24) is 10.2 Å². The minimum Gasteiger partial charge on any atom is -0.496 e. The summed E-state index contributed by atoms with van der Waals surface area (Å²) in [6.07, 6.45) is 3.50. The number of benzene rings is 2. The number of nitrogens with zero attached hydrogens (tertiary/aromatic N) is 1. The summed E-state index contributed by atoms with van der Waals surface area (Å²) in [4.78, 5) is 12.8. The van der Waals surface area contributed by atoms with Gasteiger partial charge in [-0.2, -0.15) is 5.10 Å². The number of aromatic amines is 1. The lowest BCUT2D eigenvalue weighted by atomic mass is 10.0. The fourth-order valence-electron chi connectivity index (χ4n) is 2.65. The third-order valence-corrected chi connectivity index (χ3v) is 4.49. The Hall–Kier alpha value is -2.99. The highest BCUT2D eigenvalue weighted by atomic mass is 35.5. The Morgan fingerprint density at radius 2 is 2.00 bits per heavy atom. The lowest BCUT2D eigenvalue weighted by molar-refractivity contribution is -0.119. The van der Waals surface area contributed by atoms with Crippen molar-refractivity contribution >= 4 is 28.9 Å². The predicted octanol–water partition coefficient (Wildman–Crippen LogP) is 4.57. The highest BCUT2D eigenvalue weighted by molar-refractivity contribution is 6.33. The van der Waals surface area contributed by atoms with E-state index >= 15 is 0 Å². The van der Waals surface area contributed by atoms with Crippen LogP contribution in [-0.2, 0) is 4.79 Å². The first-order valence-corrected chi connectivity index (χ1v) is 8.80. The maximum absolute atomic E-state index is 12.8. The van der Waals surface area contributed by atoms with Crippen LogP contribution in [0.3, 0.4) is 0 Å². The molecule has 0 saturated carbocycles. The lowest BCUT2D eigenvalue weighted by Gasteiger charge is -2.27. The van der Waals surface area contributed by atoms with E-state index in [-0.39, 0.29) is 5.91 Å². The molecule has 1 amide bonds. The number of carbonyl (C=O) groups is 1. The van der Waals surface area contributed by atoms with Crippen molar-refractivity contribution in [3.8, 4) is 16.9 Å². The Morgan fingerprint density at radius 3 is 2.67 bits per heavy atom. The zero-order chi connectivity index (χ0) is 19.4. The van der Waals surface area contributed by atoms with Crippen molar-refractivity contribution in [2.45, 2.75) is 19.4 Å². The monoisotopic (exact) mass is 384 g/mol. The summed E-state index contributed by atoms with van der Waals surface area (Å²) in [5, 5.41) is 13.4. The number of amides is 1. The molecule has 2 aromatic carbocycles. The first-order valence-electron chi connectivity index (χ1n) is 8.42. The largest absolute Gasteiger partial charge is 0.496 e. The van der Waals surface area contributed by atoms with Crippen LogP contribution in [0.5, 0.6) is 5.75 Å². The second-order valence-corrected chi connectivity index (χ2v) is 6.99. The Kier molecular flexibility index (Phi) is 5.37. The van der Waals surface area contributed by atoms with Crippen molar-refractivity contribution in [2.24, 2.45) is 0 Å². The van der Waals surface area contributed by atoms with Gasteiger partial charge in [0.2, 0.25) is 5.91 Å². The lowest BCUT2D eigenvalue weighted by Crippen LogP contribution is -2.44. The number of anilines is 2. The molecule has 140 valence electrons. The smallest absolute Gasteiger partial charge is 0.249 e. The van der Waals surface area contributed by atoms with Crippen LogP contribution in [0.4, 0.5) is 11.4 Å². The Labute approximate surface area is 162 Å². The maximum atomic E-state index is 12.8. The summed E-state index contributed by atoms with van der Waals surface area (Å²) in [6, 6.07) is 12.8. The highest BCUT2D eigenvalue weighted by Crippen LogP contribution is 2.32. The molecule has 0 aliphatic heterocycles. The van der Waals surface area contributed by atoms with E-state index < -0.39 is 5.54 Å². The number of hydrogen-bond donors (Lipinski definition) is 3. The third-order valence-electron chi connectivity index (χ3n) is 4.16. The maximum Gasteiger partial charge on any atom is 0.249 e. The minimum absolute atomic E-state index is 0.194. The van der Waals surface area contributed by atoms with Gasteiger partial charge in [0.05, 0.1) is 24.0 Å². The van der Waals surface area contributed by atoms with Crippen LogP contribution in [0, 0.1) is 0 Å². The molecule has 0 atom stereocenters. The van der Waals surface area contributed by atoms with E-state index in [1.54, 1.807) is 45.5 Å². The molecule has 0 radical (unpaired) electrons. The Balaban J connectivity index is 1.78. The fraction of sp³-hybridized carbons (Fsp3) is 0.200. The molecule has 0 saturated heterocycles. The van der Waals surface area contributed by atoms with Crippen LogP contribution in [0.1, 0.15) is 13.8 Å². The second-order valence-electron chi connectivity index (χ2n) is 6.59. The first kappa shape index (κ1) is 18.8. The molecule has 0 fully saturated rings. The van der Waals surface area contributed by atoms with Gasteiger partial charge >= 0.3 is 0 Å². The average molecular weight is 385 g/mol. The molecule has 0 unspecified atom stereocenters. The molecule has 6 nitrogen and oxygen atoms in total. The van der Waals surface area contributed by atoms with Crippen molar-refractivity contribution in [3.05, 3.63) is 59.9 Å². The third kappa shape index (κ3) is 4.23. The molecule has 1 aromatic heterocycles. The van der Waals surface area contributed by atoms with Crippen LogP contribution in [-0.4, -0.2) is 28.8 Å². The molecule has 0 aliphatic carbocycles. The Bertz CT molecular complexity index is 939. The number of nitrogens with one attached hydrogen (secondary N) is 3. The van der Waals surface area contributed by atoms with Gasteiger partial charge in [-0.1, -0.05) is 23.7 Å². The highest BCUT2D eigenvalue weighted by Gasteiger charge is 2.28. The second kappa shape index (κ2) is 7.72. The van der Waals surface area contributed by atoms with Crippen molar-refractivity contribution in [2.75, 3.05) is 17.7 Å². The number of aromatic nitrogens is 2. The number of rotatable bonds is 6. The van der Waals surface area contributed by atoms with E-state index in [1.807, 2.05) is 30.3 Å². The summed E-state index contributed by atoms with van der Waals surface area (Å²) in [6.45, 7) is 3.59. The van der Waals surface area contributed by atoms with Crippen LogP contribution in [0.2, 0.25) is 5.02 Å². The van der Waals surface area contributed by atoms with E-state index in [0.717, 1.165) is 11.1 Å². The first-order chi connectivity index (χ1) is 12.9. The molecule has 0 spiro atoms. The van der Waals surface area contributed by atoms with E-state index in [0.29, 0.717) is 22.1 Å². The van der Waals surface area contributed by atoms with Gasteiger partial charge in [0, 0.05) is 29.1 Å². The summed E-state index contributed by atoms with van der Waals surface area (Å²) >= 11 is 6.18. The molecule has 1 heterocycles. The van der Waals surface area contributed by atoms with E-state index in [2.05, 4.69) is 20.8 Å².